The minimum absolute atomic E-state index is 0.259. The molecule has 116 valence electrons. The smallest absolute Gasteiger partial charge is 0.325 e. The van der Waals surface area contributed by atoms with Crippen molar-refractivity contribution in [2.75, 3.05) is 19.3 Å². The highest BCUT2D eigenvalue weighted by Gasteiger charge is 2.48. The third kappa shape index (κ3) is 3.23. The Morgan fingerprint density at radius 2 is 2.19 bits per heavy atom. The van der Waals surface area contributed by atoms with E-state index < -0.39 is 12.2 Å². The average Bonchev–Trinajstić information content (AvgIpc) is 2.79. The summed E-state index contributed by atoms with van der Waals surface area (Å²) in [7, 11) is 1.67. The van der Waals surface area contributed by atoms with Gasteiger partial charge in [-0.1, -0.05) is 31.7 Å². The van der Waals surface area contributed by atoms with Gasteiger partial charge in [-0.25, -0.2) is 9.79 Å². The Labute approximate surface area is 129 Å². The Bertz CT molecular complexity index is 478. The predicted molar refractivity (Wildman–Crippen MR) is 85.1 cm³/mol. The van der Waals surface area contributed by atoms with Gasteiger partial charge >= 0.3 is 6.03 Å². The van der Waals surface area contributed by atoms with E-state index in [1.807, 2.05) is 11.0 Å². The molecule has 3 amide bonds. The largest absolute Gasteiger partial charge is 0.336 e. The SMILES string of the molecule is C=CCSC1=NC2C(C(=O)NC(=O)N2C)N1CCC(C)C. The van der Waals surface area contributed by atoms with Crippen LogP contribution in [0, 0.1) is 5.92 Å². The maximum Gasteiger partial charge on any atom is 0.325 e. The number of nitrogens with one attached hydrogen (secondary N) is 1. The van der Waals surface area contributed by atoms with Gasteiger partial charge in [0, 0.05) is 19.3 Å². The third-order valence-electron chi connectivity index (χ3n) is 3.60. The zero-order valence-corrected chi connectivity index (χ0v) is 13.5. The Morgan fingerprint density at radius 3 is 2.81 bits per heavy atom. The molecule has 6 nitrogen and oxygen atoms in total. The van der Waals surface area contributed by atoms with Gasteiger partial charge in [-0.15, -0.1) is 6.58 Å². The molecule has 2 atom stereocenters. The number of thioether (sulfide) groups is 1. The van der Waals surface area contributed by atoms with E-state index in [-0.39, 0.29) is 11.9 Å². The Kier molecular flexibility index (Phi) is 4.92. The molecule has 0 aromatic rings. The van der Waals surface area contributed by atoms with Gasteiger partial charge in [0.15, 0.2) is 17.4 Å². The van der Waals surface area contributed by atoms with Crippen molar-refractivity contribution in [2.45, 2.75) is 32.5 Å². The van der Waals surface area contributed by atoms with Gasteiger partial charge in [0.2, 0.25) is 0 Å². The number of hydrogen-bond donors (Lipinski definition) is 1. The summed E-state index contributed by atoms with van der Waals surface area (Å²) in [5, 5.41) is 3.22. The molecule has 2 unspecified atom stereocenters. The van der Waals surface area contributed by atoms with Crippen molar-refractivity contribution in [1.82, 2.24) is 15.1 Å². The summed E-state index contributed by atoms with van der Waals surface area (Å²) in [5.74, 6) is 1.01. The Morgan fingerprint density at radius 1 is 1.48 bits per heavy atom. The fraction of sp³-hybridized carbons (Fsp3) is 0.643. The summed E-state index contributed by atoms with van der Waals surface area (Å²) < 4.78 is 0. The minimum Gasteiger partial charge on any atom is -0.336 e. The number of aliphatic imine (C=N–C) groups is 1. The van der Waals surface area contributed by atoms with Crippen molar-refractivity contribution in [1.29, 1.82) is 0 Å². The van der Waals surface area contributed by atoms with Crippen LogP contribution in [0.5, 0.6) is 0 Å². The standard InChI is InChI=1S/C14H22N4O2S/c1-5-8-21-14-15-11-10(18(14)7-6-9(2)3)12(19)16-13(20)17(11)4/h5,9-11H,1,6-8H2,2-4H3,(H,16,19,20). The highest BCUT2D eigenvalue weighted by molar-refractivity contribution is 8.13. The van der Waals surface area contributed by atoms with E-state index in [1.54, 1.807) is 18.8 Å². The van der Waals surface area contributed by atoms with Gasteiger partial charge in [-0.3, -0.25) is 10.1 Å². The monoisotopic (exact) mass is 310 g/mol. The molecule has 0 spiro atoms. The number of amidine groups is 1. The Balaban J connectivity index is 2.22. The lowest BCUT2D eigenvalue weighted by molar-refractivity contribution is -0.127. The fourth-order valence-electron chi connectivity index (χ4n) is 2.39. The molecule has 0 radical (unpaired) electrons. The van der Waals surface area contributed by atoms with Gasteiger partial charge in [-0.05, 0) is 12.3 Å². The van der Waals surface area contributed by atoms with Crippen molar-refractivity contribution >= 4 is 28.9 Å². The summed E-state index contributed by atoms with van der Waals surface area (Å²) in [5.41, 5.74) is 0. The molecule has 1 fully saturated rings. The number of fused-ring (bicyclic) bond motifs is 1. The molecule has 0 saturated carbocycles. The molecule has 0 aliphatic carbocycles. The van der Waals surface area contributed by atoms with Crippen LogP contribution in [-0.4, -0.2) is 58.5 Å². The molecule has 0 bridgehead atoms. The number of urea groups is 1. The fourth-order valence-corrected chi connectivity index (χ4v) is 3.21. The lowest BCUT2D eigenvalue weighted by Crippen LogP contribution is -2.63. The van der Waals surface area contributed by atoms with E-state index in [0.717, 1.165) is 23.9 Å². The lowest BCUT2D eigenvalue weighted by atomic mass is 10.1. The molecule has 0 aromatic carbocycles. The number of amides is 3. The first-order valence-electron chi connectivity index (χ1n) is 7.11. The first-order valence-corrected chi connectivity index (χ1v) is 8.10. The van der Waals surface area contributed by atoms with Crippen LogP contribution < -0.4 is 5.32 Å². The van der Waals surface area contributed by atoms with Crippen LogP contribution in [0.3, 0.4) is 0 Å². The molecule has 2 heterocycles. The predicted octanol–water partition coefficient (Wildman–Crippen LogP) is 1.50. The average molecular weight is 310 g/mol. The molecule has 2 aliphatic heterocycles. The van der Waals surface area contributed by atoms with Crippen LogP contribution in [0.25, 0.3) is 0 Å². The lowest BCUT2D eigenvalue weighted by Gasteiger charge is -2.36. The maximum atomic E-state index is 12.2. The number of imide groups is 1. The molecular weight excluding hydrogens is 288 g/mol. The van der Waals surface area contributed by atoms with Crippen LogP contribution >= 0.6 is 11.8 Å². The number of likely N-dealkylation sites (N-methyl/N-ethyl adjacent to an activating group) is 1. The number of carbonyl (C=O) groups is 2. The van der Waals surface area contributed by atoms with Gasteiger partial charge in [0.05, 0.1) is 0 Å². The van der Waals surface area contributed by atoms with Gasteiger partial charge in [0.25, 0.3) is 5.91 Å². The molecule has 0 aromatic heterocycles. The van der Waals surface area contributed by atoms with Crippen molar-refractivity contribution in [3.63, 3.8) is 0 Å². The molecule has 1 N–H and O–H groups in total. The van der Waals surface area contributed by atoms with Crippen LogP contribution in [0.4, 0.5) is 4.79 Å². The number of carbonyl (C=O) groups excluding carboxylic acids is 2. The zero-order valence-electron chi connectivity index (χ0n) is 12.7. The van der Waals surface area contributed by atoms with Crippen molar-refractivity contribution in [3.8, 4) is 0 Å². The summed E-state index contributed by atoms with van der Waals surface area (Å²) >= 11 is 1.56. The van der Waals surface area contributed by atoms with E-state index >= 15 is 0 Å². The second-order valence-electron chi connectivity index (χ2n) is 5.65. The highest BCUT2D eigenvalue weighted by Crippen LogP contribution is 2.29. The van der Waals surface area contributed by atoms with E-state index in [9.17, 15) is 9.59 Å². The number of hydrogen-bond acceptors (Lipinski definition) is 5. The molecule has 2 aliphatic rings. The van der Waals surface area contributed by atoms with Crippen LogP contribution in [0.2, 0.25) is 0 Å². The number of rotatable bonds is 5. The zero-order chi connectivity index (χ0) is 15.6. The normalized spacial score (nSPS) is 25.0. The molecule has 1 saturated heterocycles. The van der Waals surface area contributed by atoms with Gasteiger partial charge < -0.3 is 9.80 Å². The molecule has 2 rings (SSSR count). The van der Waals surface area contributed by atoms with Crippen molar-refractivity contribution < 1.29 is 9.59 Å². The first-order chi connectivity index (χ1) is 9.95. The van der Waals surface area contributed by atoms with Crippen molar-refractivity contribution in [3.05, 3.63) is 12.7 Å². The highest BCUT2D eigenvalue weighted by atomic mass is 32.2. The second-order valence-corrected chi connectivity index (χ2v) is 6.64. The van der Waals surface area contributed by atoms with Crippen LogP contribution in [0.15, 0.2) is 17.6 Å². The van der Waals surface area contributed by atoms with E-state index in [0.29, 0.717) is 5.92 Å². The summed E-state index contributed by atoms with van der Waals surface area (Å²) in [6.07, 6.45) is 2.36. The minimum atomic E-state index is -0.425. The third-order valence-corrected chi connectivity index (χ3v) is 4.60. The summed E-state index contributed by atoms with van der Waals surface area (Å²) in [6, 6.07) is -0.803. The van der Waals surface area contributed by atoms with Crippen LogP contribution in [0.1, 0.15) is 20.3 Å². The van der Waals surface area contributed by atoms with E-state index in [1.165, 1.54) is 4.90 Å². The summed E-state index contributed by atoms with van der Waals surface area (Å²) in [6.45, 7) is 8.78. The maximum absolute atomic E-state index is 12.2. The van der Waals surface area contributed by atoms with E-state index in [2.05, 4.69) is 30.7 Å². The molecule has 7 heteroatoms. The van der Waals surface area contributed by atoms with Gasteiger partial charge in [0.1, 0.15) is 0 Å². The number of nitrogens with zero attached hydrogens (tertiary/aromatic N) is 3. The van der Waals surface area contributed by atoms with Crippen molar-refractivity contribution in [2.24, 2.45) is 10.9 Å². The molecule has 21 heavy (non-hydrogen) atoms. The van der Waals surface area contributed by atoms with E-state index in [4.69, 9.17) is 0 Å². The molecular formula is C14H22N4O2S. The topological polar surface area (TPSA) is 65.0 Å². The summed E-state index contributed by atoms with van der Waals surface area (Å²) in [4.78, 5) is 32.0. The second kappa shape index (κ2) is 6.51. The Hall–Kier alpha value is -1.50. The first kappa shape index (κ1) is 15.9. The quantitative estimate of drug-likeness (QED) is 0.782. The van der Waals surface area contributed by atoms with Gasteiger partial charge in [-0.2, -0.15) is 0 Å². The van der Waals surface area contributed by atoms with Crippen LogP contribution in [-0.2, 0) is 4.79 Å².